The molecule has 374 valence electrons. The molecule has 0 radical (unpaired) electrons. The van der Waals surface area contributed by atoms with Crippen molar-refractivity contribution in [2.45, 2.75) is 37.8 Å². The number of fused-ring (bicyclic) bond motifs is 2. The molecule has 2 aliphatic rings. The Hall–Kier alpha value is -6.23. The van der Waals surface area contributed by atoms with Crippen molar-refractivity contribution in [1.82, 2.24) is 0 Å². The third-order valence-electron chi connectivity index (χ3n) is 13.5. The summed E-state index contributed by atoms with van der Waals surface area (Å²) in [4.78, 5) is 26.1. The number of hydrogen-bond acceptors (Lipinski definition) is 14. The molecule has 0 fully saturated rings. The summed E-state index contributed by atoms with van der Waals surface area (Å²) in [6, 6.07) is 15.6. The van der Waals surface area contributed by atoms with Gasteiger partial charge in [-0.25, -0.2) is 9.59 Å². The Labute approximate surface area is 410 Å². The third-order valence-corrected chi connectivity index (χ3v) is 13.7. The van der Waals surface area contributed by atoms with E-state index in [0.29, 0.717) is 92.4 Å². The lowest BCUT2D eigenvalue weighted by Gasteiger charge is -2.46. The molecule has 16 nitrogen and oxygen atoms in total. The largest absolute Gasteiger partial charge is 0.493 e. The van der Waals surface area contributed by atoms with Gasteiger partial charge in [-0.2, -0.15) is 0 Å². The van der Waals surface area contributed by atoms with Gasteiger partial charge in [0.1, 0.15) is 17.1 Å². The summed E-state index contributed by atoms with van der Waals surface area (Å²) < 4.78 is 69.5. The molecular weight excluding hydrogens is 912 g/mol. The lowest BCUT2D eigenvalue weighted by molar-refractivity contribution is -0.935. The average Bonchev–Trinajstić information content (AvgIpc) is 3.36. The van der Waals surface area contributed by atoms with Gasteiger partial charge in [0.15, 0.2) is 46.0 Å². The van der Waals surface area contributed by atoms with Crippen LogP contribution in [0.1, 0.15) is 58.3 Å². The van der Waals surface area contributed by atoms with E-state index in [4.69, 9.17) is 68.4 Å². The second-order valence-electron chi connectivity index (χ2n) is 17.4. The Morgan fingerprint density at radius 1 is 0.507 bits per heavy atom. The van der Waals surface area contributed by atoms with Gasteiger partial charge >= 0.3 is 11.9 Å². The quantitative estimate of drug-likeness (QED) is 0.0329. The normalized spacial score (nSPS) is 19.5. The second kappa shape index (κ2) is 22.9. The van der Waals surface area contributed by atoms with Crippen molar-refractivity contribution in [3.8, 4) is 57.5 Å². The molecule has 0 unspecified atom stereocenters. The van der Waals surface area contributed by atoms with Gasteiger partial charge in [0.2, 0.25) is 11.5 Å². The number of methoxy groups -OCH3 is 10. The zero-order chi connectivity index (χ0) is 50.0. The van der Waals surface area contributed by atoms with E-state index < -0.39 is 11.9 Å². The van der Waals surface area contributed by atoms with E-state index >= 15 is 0 Å². The van der Waals surface area contributed by atoms with Crippen LogP contribution in [0.5, 0.6) is 57.5 Å². The van der Waals surface area contributed by atoms with Gasteiger partial charge in [-0.05, 0) is 59.7 Å². The number of halogens is 1. The van der Waals surface area contributed by atoms with E-state index in [0.717, 1.165) is 65.4 Å². The molecule has 0 aliphatic carbocycles. The zero-order valence-corrected chi connectivity index (χ0v) is 42.7. The number of nitrogens with zero attached hydrogens (tertiary/aromatic N) is 2. The summed E-state index contributed by atoms with van der Waals surface area (Å²) in [6.07, 6.45) is 3.53. The lowest BCUT2D eigenvalue weighted by atomic mass is 9.85. The maximum Gasteiger partial charge on any atom is 0.350 e. The first kappa shape index (κ1) is 52.1. The van der Waals surface area contributed by atoms with Gasteiger partial charge in [0.25, 0.3) is 0 Å². The molecule has 2 heterocycles. The van der Waals surface area contributed by atoms with Crippen LogP contribution in [0, 0.1) is 0 Å². The van der Waals surface area contributed by atoms with E-state index in [1.165, 1.54) is 0 Å². The predicted molar refractivity (Wildman–Crippen MR) is 259 cm³/mol. The minimum Gasteiger partial charge on any atom is -0.493 e. The molecule has 0 saturated carbocycles. The number of ether oxygens (including phenoxy) is 12. The molecule has 2 aliphatic heterocycles. The van der Waals surface area contributed by atoms with Crippen LogP contribution in [0.2, 0.25) is 0 Å². The fraction of sp³-hybridized carbons (Fsp3) is 0.462. The van der Waals surface area contributed by atoms with Crippen molar-refractivity contribution in [3.63, 3.8) is 0 Å². The molecule has 0 aromatic heterocycles. The van der Waals surface area contributed by atoms with Crippen LogP contribution in [0.4, 0.5) is 0 Å². The Morgan fingerprint density at radius 2 is 0.855 bits per heavy atom. The fourth-order valence-corrected chi connectivity index (χ4v) is 10.2. The zero-order valence-electron chi connectivity index (χ0n) is 41.9. The van der Waals surface area contributed by atoms with E-state index in [1.807, 2.05) is 48.5 Å². The van der Waals surface area contributed by atoms with Crippen LogP contribution < -0.4 is 47.4 Å². The summed E-state index contributed by atoms with van der Waals surface area (Å²) >= 11 is 6.36. The number of rotatable bonds is 22. The molecule has 69 heavy (non-hydrogen) atoms. The van der Waals surface area contributed by atoms with E-state index in [1.54, 1.807) is 71.1 Å². The molecule has 4 aromatic carbocycles. The maximum atomic E-state index is 13.1. The summed E-state index contributed by atoms with van der Waals surface area (Å²) in [5, 5.41) is -0.373. The first-order chi connectivity index (χ1) is 33.2. The monoisotopic (exact) mass is 978 g/mol. The molecule has 6 rings (SSSR count). The average molecular weight is 980 g/mol. The SMILES string of the molecule is COc1cc2c(cc1OC)[C@H](c1cc(OC)c(OC)c(OC)c1)[N@@+](C)(CCCOC(=O)/C=C(\Cl)C(=O)OCCC[N@@+]1(C)CCc3cc(OC)c(OC)cc3[C@@H]1c1cc(OC)c(OC)c(OC)c1)CC2. The van der Waals surface area contributed by atoms with Gasteiger partial charge in [0, 0.05) is 54.0 Å². The molecular formula is C52H67ClN2O14+2. The smallest absolute Gasteiger partial charge is 0.350 e. The third kappa shape index (κ3) is 11.0. The topological polar surface area (TPSA) is 145 Å². The van der Waals surface area contributed by atoms with Crippen LogP contribution in [0.25, 0.3) is 0 Å². The highest BCUT2D eigenvalue weighted by atomic mass is 35.5. The number of carbonyl (C=O) groups is 2. The van der Waals surface area contributed by atoms with Crippen molar-refractivity contribution in [2.24, 2.45) is 0 Å². The highest BCUT2D eigenvalue weighted by Gasteiger charge is 2.43. The van der Waals surface area contributed by atoms with Crippen LogP contribution in [0.15, 0.2) is 59.6 Å². The van der Waals surface area contributed by atoms with Crippen LogP contribution in [0.3, 0.4) is 0 Å². The Morgan fingerprint density at radius 3 is 1.20 bits per heavy atom. The Kier molecular flexibility index (Phi) is 17.3. The Bertz CT molecular complexity index is 2460. The van der Waals surface area contributed by atoms with Gasteiger partial charge in [-0.15, -0.1) is 0 Å². The van der Waals surface area contributed by atoms with Gasteiger partial charge in [-0.1, -0.05) is 11.6 Å². The minimum atomic E-state index is -0.816. The molecule has 0 amide bonds. The number of benzene rings is 4. The number of likely N-dealkylation sites (N-methyl/N-ethyl adjacent to an activating group) is 2. The van der Waals surface area contributed by atoms with Crippen molar-refractivity contribution >= 4 is 23.5 Å². The molecule has 4 atom stereocenters. The molecule has 17 heteroatoms. The summed E-state index contributed by atoms with van der Waals surface area (Å²) in [5.74, 6) is 4.12. The number of carbonyl (C=O) groups excluding carboxylic acids is 2. The van der Waals surface area contributed by atoms with Crippen molar-refractivity contribution in [1.29, 1.82) is 0 Å². The molecule has 0 saturated heterocycles. The van der Waals surface area contributed by atoms with Crippen LogP contribution in [-0.2, 0) is 31.9 Å². The summed E-state index contributed by atoms with van der Waals surface area (Å²) in [7, 11) is 20.4. The number of quaternary nitrogens is 2. The maximum absolute atomic E-state index is 13.1. The van der Waals surface area contributed by atoms with Gasteiger partial charge in [-0.3, -0.25) is 0 Å². The van der Waals surface area contributed by atoms with Crippen molar-refractivity contribution < 1.29 is 75.4 Å². The highest BCUT2D eigenvalue weighted by Crippen LogP contribution is 2.50. The first-order valence-corrected chi connectivity index (χ1v) is 23.1. The predicted octanol–water partition coefficient (Wildman–Crippen LogP) is 7.65. The number of hydrogen-bond donors (Lipinski definition) is 0. The summed E-state index contributed by atoms with van der Waals surface area (Å²) in [6.45, 7) is 2.96. The fourth-order valence-electron chi connectivity index (χ4n) is 10.0. The molecule has 0 spiro atoms. The van der Waals surface area contributed by atoms with Gasteiger partial charge < -0.3 is 65.8 Å². The molecule has 0 bridgehead atoms. The first-order valence-electron chi connectivity index (χ1n) is 22.7. The highest BCUT2D eigenvalue weighted by molar-refractivity contribution is 6.42. The lowest BCUT2D eigenvalue weighted by Crippen LogP contribution is -2.52. The number of esters is 2. The summed E-state index contributed by atoms with van der Waals surface area (Å²) in [5.41, 5.74) is 6.29. The second-order valence-corrected chi connectivity index (χ2v) is 17.8. The molecule has 4 aromatic rings. The molecule has 0 N–H and O–H groups in total. The Balaban J connectivity index is 1.11. The van der Waals surface area contributed by atoms with E-state index in [-0.39, 0.29) is 30.3 Å². The standard InChI is InChI=1S/C52H67ClN2O14/c1-54(19-15-32-23-39(58-3)41(60-5)29-36(32)48(54)34-25-43(62-7)50(66-11)44(26-34)63-8)17-13-21-68-47(56)31-38(53)52(57)69-22-14-18-55(2)20-16-33-24-40(59-4)42(61-6)30-37(33)49(55)35-27-45(64-9)51(67-12)46(28-35)65-10/h23-31,48-49H,13-22H2,1-12H3/q+2/b38-31-/t48-,49-,54-,55-/m0/s1. The van der Waals surface area contributed by atoms with Crippen molar-refractivity contribution in [2.75, 3.05) is 125 Å². The van der Waals surface area contributed by atoms with E-state index in [9.17, 15) is 9.59 Å². The van der Waals surface area contributed by atoms with E-state index in [2.05, 4.69) is 14.1 Å². The van der Waals surface area contributed by atoms with Gasteiger partial charge in [0.05, 0.1) is 125 Å². The minimum absolute atomic E-state index is 0.0674. The van der Waals surface area contributed by atoms with Crippen LogP contribution in [-0.4, -0.2) is 145 Å². The van der Waals surface area contributed by atoms with Crippen LogP contribution >= 0.6 is 11.6 Å². The van der Waals surface area contributed by atoms with Crippen molar-refractivity contribution in [3.05, 3.63) is 93.0 Å².